The molecule has 0 unspecified atom stereocenters. The number of hydrogen-bond acceptors (Lipinski definition) is 3. The summed E-state index contributed by atoms with van der Waals surface area (Å²) >= 11 is 0. The summed E-state index contributed by atoms with van der Waals surface area (Å²) < 4.78 is 0. The van der Waals surface area contributed by atoms with Gasteiger partial charge in [-0.2, -0.15) is 0 Å². The molecule has 5 heteroatoms. The first kappa shape index (κ1) is 18.4. The van der Waals surface area contributed by atoms with E-state index in [-0.39, 0.29) is 17.7 Å². The predicted octanol–water partition coefficient (Wildman–Crippen LogP) is 4.12. The van der Waals surface area contributed by atoms with Gasteiger partial charge in [0.25, 0.3) is 17.7 Å². The van der Waals surface area contributed by atoms with E-state index in [1.807, 2.05) is 36.9 Å². The topological polar surface area (TPSA) is 57.7 Å². The lowest BCUT2D eigenvalue weighted by atomic mass is 10.0. The zero-order valence-corrected chi connectivity index (χ0v) is 16.3. The third-order valence-electron chi connectivity index (χ3n) is 5.63. The number of likely N-dealkylation sites (tertiary alicyclic amines) is 1. The number of hydrogen-bond donors (Lipinski definition) is 0. The van der Waals surface area contributed by atoms with Crippen LogP contribution in [0.2, 0.25) is 0 Å². The minimum Gasteiger partial charge on any atom is -0.339 e. The van der Waals surface area contributed by atoms with Crippen molar-refractivity contribution in [1.29, 1.82) is 0 Å². The van der Waals surface area contributed by atoms with E-state index in [2.05, 4.69) is 0 Å². The van der Waals surface area contributed by atoms with Crippen LogP contribution in [0.25, 0.3) is 0 Å². The number of imide groups is 1. The second-order valence-electron chi connectivity index (χ2n) is 7.70. The van der Waals surface area contributed by atoms with Gasteiger partial charge in [0, 0.05) is 18.7 Å². The fraction of sp³-hybridized carbons (Fsp3) is 0.348. The van der Waals surface area contributed by atoms with Gasteiger partial charge >= 0.3 is 0 Å². The normalized spacial score (nSPS) is 16.9. The predicted molar refractivity (Wildman–Crippen MR) is 108 cm³/mol. The van der Waals surface area contributed by atoms with Crippen molar-refractivity contribution in [3.05, 3.63) is 64.2 Å². The van der Waals surface area contributed by atoms with Crippen LogP contribution in [0.5, 0.6) is 0 Å². The minimum absolute atomic E-state index is 0.0601. The van der Waals surface area contributed by atoms with Gasteiger partial charge in [0.05, 0.1) is 16.8 Å². The molecule has 1 saturated heterocycles. The van der Waals surface area contributed by atoms with Crippen LogP contribution < -0.4 is 4.90 Å². The zero-order valence-electron chi connectivity index (χ0n) is 16.3. The summed E-state index contributed by atoms with van der Waals surface area (Å²) in [6.07, 6.45) is 4.31. The number of carbonyl (C=O) groups excluding carboxylic acids is 3. The van der Waals surface area contributed by atoms with E-state index in [1.54, 1.807) is 18.2 Å². The van der Waals surface area contributed by atoms with Crippen LogP contribution in [0.3, 0.4) is 0 Å². The number of nitrogens with zero attached hydrogens (tertiary/aromatic N) is 2. The van der Waals surface area contributed by atoms with Crippen LogP contribution in [0.4, 0.5) is 5.69 Å². The Balaban J connectivity index is 1.67. The van der Waals surface area contributed by atoms with Crippen LogP contribution >= 0.6 is 0 Å². The van der Waals surface area contributed by atoms with Crippen LogP contribution in [0.15, 0.2) is 36.4 Å². The van der Waals surface area contributed by atoms with Crippen molar-refractivity contribution in [3.63, 3.8) is 0 Å². The Morgan fingerprint density at radius 1 is 0.821 bits per heavy atom. The van der Waals surface area contributed by atoms with Crippen LogP contribution in [-0.4, -0.2) is 35.7 Å². The lowest BCUT2D eigenvalue weighted by Crippen LogP contribution is -2.32. The Hall–Kier alpha value is -2.95. The molecule has 2 aliphatic heterocycles. The van der Waals surface area contributed by atoms with Gasteiger partial charge in [-0.3, -0.25) is 14.4 Å². The first-order valence-electron chi connectivity index (χ1n) is 9.87. The Morgan fingerprint density at radius 3 is 2.21 bits per heavy atom. The van der Waals surface area contributed by atoms with Crippen molar-refractivity contribution in [3.8, 4) is 0 Å². The fourth-order valence-electron chi connectivity index (χ4n) is 4.01. The Morgan fingerprint density at radius 2 is 1.50 bits per heavy atom. The molecule has 2 aromatic rings. The number of rotatable bonds is 2. The van der Waals surface area contributed by atoms with Gasteiger partial charge in [-0.25, -0.2) is 4.90 Å². The molecule has 0 radical (unpaired) electrons. The molecule has 3 amide bonds. The molecule has 0 aromatic heterocycles. The summed E-state index contributed by atoms with van der Waals surface area (Å²) in [5, 5.41) is 0. The van der Waals surface area contributed by atoms with Gasteiger partial charge in [-0.05, 0) is 62.1 Å². The molecule has 0 spiro atoms. The van der Waals surface area contributed by atoms with E-state index in [0.29, 0.717) is 22.4 Å². The third kappa shape index (κ3) is 3.11. The SMILES string of the molecule is Cc1ccc(C)c(N2C(=O)c3ccc(C(=O)N4CCCCCC4)cc3C2=O)c1. The average Bonchev–Trinajstić information content (AvgIpc) is 2.88. The monoisotopic (exact) mass is 376 g/mol. The lowest BCUT2D eigenvalue weighted by Gasteiger charge is -2.20. The standard InChI is InChI=1S/C23H24N2O3/c1-15-7-8-16(2)20(13-15)25-22(27)18-10-9-17(14-19(18)23(25)28)21(26)24-11-5-3-4-6-12-24/h7-10,13-14H,3-6,11-12H2,1-2H3. The van der Waals surface area contributed by atoms with Crippen LogP contribution in [-0.2, 0) is 0 Å². The van der Waals surface area contributed by atoms with Gasteiger partial charge in [0.15, 0.2) is 0 Å². The van der Waals surface area contributed by atoms with Gasteiger partial charge in [-0.1, -0.05) is 25.0 Å². The molecule has 28 heavy (non-hydrogen) atoms. The molecule has 2 heterocycles. The van der Waals surface area contributed by atoms with Crippen molar-refractivity contribution >= 4 is 23.4 Å². The van der Waals surface area contributed by atoms with Crippen molar-refractivity contribution in [2.24, 2.45) is 0 Å². The molecule has 144 valence electrons. The smallest absolute Gasteiger partial charge is 0.266 e. The van der Waals surface area contributed by atoms with Crippen molar-refractivity contribution in [2.45, 2.75) is 39.5 Å². The molecular formula is C23H24N2O3. The van der Waals surface area contributed by atoms with Gasteiger partial charge in [-0.15, -0.1) is 0 Å². The molecule has 2 aliphatic rings. The van der Waals surface area contributed by atoms with Gasteiger partial charge in [0.2, 0.25) is 0 Å². The van der Waals surface area contributed by atoms with Crippen molar-refractivity contribution < 1.29 is 14.4 Å². The average molecular weight is 376 g/mol. The maximum absolute atomic E-state index is 13.1. The summed E-state index contributed by atoms with van der Waals surface area (Å²) in [6.45, 7) is 5.31. The van der Waals surface area contributed by atoms with E-state index in [4.69, 9.17) is 0 Å². The highest BCUT2D eigenvalue weighted by molar-refractivity contribution is 6.35. The fourth-order valence-corrected chi connectivity index (χ4v) is 4.01. The molecule has 2 aromatic carbocycles. The van der Waals surface area contributed by atoms with Gasteiger partial charge in [0.1, 0.15) is 0 Å². The van der Waals surface area contributed by atoms with E-state index in [1.165, 1.54) is 4.90 Å². The molecule has 0 saturated carbocycles. The minimum atomic E-state index is -0.362. The molecule has 4 rings (SSSR count). The highest BCUT2D eigenvalue weighted by Crippen LogP contribution is 2.32. The molecule has 0 atom stereocenters. The summed E-state index contributed by atoms with van der Waals surface area (Å²) in [5.41, 5.74) is 3.59. The third-order valence-corrected chi connectivity index (χ3v) is 5.63. The maximum atomic E-state index is 13.1. The first-order chi connectivity index (χ1) is 13.5. The number of aryl methyl sites for hydroxylation is 2. The van der Waals surface area contributed by atoms with Crippen molar-refractivity contribution in [1.82, 2.24) is 4.90 Å². The largest absolute Gasteiger partial charge is 0.339 e. The number of anilines is 1. The molecule has 0 bridgehead atoms. The number of fused-ring (bicyclic) bond motifs is 1. The van der Waals surface area contributed by atoms with Crippen molar-refractivity contribution in [2.75, 3.05) is 18.0 Å². The zero-order chi connectivity index (χ0) is 19.8. The highest BCUT2D eigenvalue weighted by Gasteiger charge is 2.38. The number of benzene rings is 2. The molecule has 5 nitrogen and oxygen atoms in total. The summed E-state index contributed by atoms with van der Waals surface area (Å²) in [6, 6.07) is 10.6. The molecular weight excluding hydrogens is 352 g/mol. The maximum Gasteiger partial charge on any atom is 0.266 e. The quantitative estimate of drug-likeness (QED) is 0.741. The molecule has 1 fully saturated rings. The Labute approximate surface area is 164 Å². The van der Waals surface area contributed by atoms with E-state index in [0.717, 1.165) is 49.9 Å². The lowest BCUT2D eigenvalue weighted by molar-refractivity contribution is 0.0761. The van der Waals surface area contributed by atoms with E-state index >= 15 is 0 Å². The Kier molecular flexibility index (Phi) is 4.75. The highest BCUT2D eigenvalue weighted by atomic mass is 16.2. The number of amides is 3. The summed E-state index contributed by atoms with van der Waals surface area (Å²) in [7, 11) is 0. The summed E-state index contributed by atoms with van der Waals surface area (Å²) in [4.78, 5) is 42.0. The van der Waals surface area contributed by atoms with Gasteiger partial charge < -0.3 is 4.90 Å². The summed E-state index contributed by atoms with van der Waals surface area (Å²) in [5.74, 6) is -0.753. The second kappa shape index (κ2) is 7.23. The van der Waals surface area contributed by atoms with Crippen LogP contribution in [0, 0.1) is 13.8 Å². The second-order valence-corrected chi connectivity index (χ2v) is 7.70. The number of carbonyl (C=O) groups is 3. The molecule has 0 N–H and O–H groups in total. The first-order valence-corrected chi connectivity index (χ1v) is 9.87. The van der Waals surface area contributed by atoms with E-state index in [9.17, 15) is 14.4 Å². The van der Waals surface area contributed by atoms with E-state index < -0.39 is 0 Å². The Bertz CT molecular complexity index is 972. The molecule has 0 aliphatic carbocycles. The van der Waals surface area contributed by atoms with Crippen LogP contribution in [0.1, 0.15) is 67.9 Å².